The highest BCUT2D eigenvalue weighted by atomic mass is 32.1. The fourth-order valence-electron chi connectivity index (χ4n) is 2.99. The van der Waals surface area contributed by atoms with E-state index >= 15 is 0 Å². The molecular weight excluding hydrogens is 456 g/mol. The summed E-state index contributed by atoms with van der Waals surface area (Å²) in [5.74, 6) is -0.886. The fourth-order valence-corrected chi connectivity index (χ4v) is 3.64. The van der Waals surface area contributed by atoms with Crippen molar-refractivity contribution in [3.63, 3.8) is 0 Å². The lowest BCUT2D eigenvalue weighted by atomic mass is 10.0. The maximum Gasteiger partial charge on any atom is 0.329 e. The number of nitrogens with zero attached hydrogens (tertiary/aromatic N) is 2. The van der Waals surface area contributed by atoms with Crippen LogP contribution in [0.15, 0.2) is 48.5 Å². The summed E-state index contributed by atoms with van der Waals surface area (Å²) in [6, 6.07) is 13.1. The summed E-state index contributed by atoms with van der Waals surface area (Å²) in [5, 5.41) is 13.7. The van der Waals surface area contributed by atoms with Gasteiger partial charge in [-0.25, -0.2) is 4.79 Å². The van der Waals surface area contributed by atoms with Crippen molar-refractivity contribution < 1.29 is 23.9 Å². The van der Waals surface area contributed by atoms with Gasteiger partial charge >= 0.3 is 5.97 Å². The number of carbonyl (C=O) groups excluding carboxylic acids is 3. The van der Waals surface area contributed by atoms with E-state index < -0.39 is 17.9 Å². The normalized spacial score (nSPS) is 11.6. The molecule has 9 nitrogen and oxygen atoms in total. The number of esters is 1. The van der Waals surface area contributed by atoms with Crippen LogP contribution in [0, 0.1) is 12.8 Å². The van der Waals surface area contributed by atoms with Crippen LogP contribution < -0.4 is 15.4 Å². The van der Waals surface area contributed by atoms with Crippen LogP contribution in [0.4, 0.5) is 5.69 Å². The summed E-state index contributed by atoms with van der Waals surface area (Å²) in [4.78, 5) is 37.6. The number of carbonyl (C=O) groups is 3. The van der Waals surface area contributed by atoms with Crippen LogP contribution in [0.3, 0.4) is 0 Å². The molecule has 2 aromatic carbocycles. The maximum atomic E-state index is 12.7. The van der Waals surface area contributed by atoms with Gasteiger partial charge in [0.25, 0.3) is 11.8 Å². The molecule has 1 atom stereocenters. The smallest absolute Gasteiger partial charge is 0.329 e. The second-order valence-electron chi connectivity index (χ2n) is 7.86. The molecule has 1 aromatic heterocycles. The van der Waals surface area contributed by atoms with Crippen LogP contribution in [0.25, 0.3) is 0 Å². The Bertz CT molecular complexity index is 1160. The topological polar surface area (TPSA) is 120 Å². The second kappa shape index (κ2) is 11.4. The number of nitrogens with one attached hydrogen (secondary N) is 2. The molecule has 2 N–H and O–H groups in total. The van der Waals surface area contributed by atoms with Gasteiger partial charge in [0.15, 0.2) is 5.01 Å². The molecule has 0 spiro atoms. The van der Waals surface area contributed by atoms with E-state index in [-0.39, 0.29) is 23.4 Å². The molecule has 0 bridgehead atoms. The Hall–Kier alpha value is -3.79. The third-order valence-electron chi connectivity index (χ3n) is 4.83. The molecule has 2 amide bonds. The molecule has 10 heteroatoms. The maximum absolute atomic E-state index is 12.7. The van der Waals surface area contributed by atoms with E-state index in [1.165, 1.54) is 0 Å². The highest BCUT2D eigenvalue weighted by molar-refractivity contribution is 7.13. The molecule has 3 rings (SSSR count). The third-order valence-corrected chi connectivity index (χ3v) is 5.73. The number of benzene rings is 2. The number of amides is 2. The monoisotopic (exact) mass is 482 g/mol. The number of aromatic nitrogens is 2. The van der Waals surface area contributed by atoms with Gasteiger partial charge in [-0.05, 0) is 49.2 Å². The van der Waals surface area contributed by atoms with E-state index in [1.54, 1.807) is 49.6 Å². The number of aryl methyl sites for hydroxylation is 1. The van der Waals surface area contributed by atoms with Crippen molar-refractivity contribution >= 4 is 34.8 Å². The second-order valence-corrected chi connectivity index (χ2v) is 8.92. The zero-order valence-electron chi connectivity index (χ0n) is 19.3. The van der Waals surface area contributed by atoms with Crippen LogP contribution in [-0.2, 0) is 16.1 Å². The zero-order valence-corrected chi connectivity index (χ0v) is 20.1. The highest BCUT2D eigenvalue weighted by Gasteiger charge is 2.27. The van der Waals surface area contributed by atoms with E-state index in [4.69, 9.17) is 9.47 Å². The molecule has 0 aliphatic heterocycles. The van der Waals surface area contributed by atoms with Crippen LogP contribution >= 0.6 is 11.3 Å². The van der Waals surface area contributed by atoms with Crippen molar-refractivity contribution in [2.75, 3.05) is 12.4 Å². The third kappa shape index (κ3) is 6.61. The molecule has 0 fully saturated rings. The molecule has 0 aliphatic carbocycles. The van der Waals surface area contributed by atoms with E-state index in [2.05, 4.69) is 20.8 Å². The molecule has 0 radical (unpaired) electrons. The lowest BCUT2D eigenvalue weighted by Gasteiger charge is -2.20. The average Bonchev–Trinajstić information content (AvgIpc) is 3.30. The van der Waals surface area contributed by atoms with E-state index in [1.807, 2.05) is 26.8 Å². The fraction of sp³-hybridized carbons (Fsp3) is 0.292. The Morgan fingerprint density at radius 3 is 2.41 bits per heavy atom. The number of hydrogen-bond acceptors (Lipinski definition) is 8. The van der Waals surface area contributed by atoms with Crippen molar-refractivity contribution in [1.82, 2.24) is 15.5 Å². The quantitative estimate of drug-likeness (QED) is 0.447. The number of ether oxygens (including phenoxy) is 2. The molecule has 178 valence electrons. The van der Waals surface area contributed by atoms with Gasteiger partial charge in [-0.2, -0.15) is 0 Å². The van der Waals surface area contributed by atoms with Gasteiger partial charge in [-0.15, -0.1) is 10.2 Å². The SMILES string of the molecule is COc1ccc(NC(=O)c2nnc(COC(=O)[C@@H](NC(=O)c3cccc(C)c3)C(C)C)s2)cc1. The van der Waals surface area contributed by atoms with Gasteiger partial charge in [0, 0.05) is 11.3 Å². The number of methoxy groups -OCH3 is 1. The molecule has 0 saturated heterocycles. The van der Waals surface area contributed by atoms with Gasteiger partial charge in [-0.1, -0.05) is 42.9 Å². The number of anilines is 1. The molecule has 34 heavy (non-hydrogen) atoms. The van der Waals surface area contributed by atoms with Crippen LogP contribution in [-0.4, -0.2) is 41.1 Å². The van der Waals surface area contributed by atoms with Gasteiger partial charge in [0.05, 0.1) is 7.11 Å². The summed E-state index contributed by atoms with van der Waals surface area (Å²) < 4.78 is 10.4. The van der Waals surface area contributed by atoms with Gasteiger partial charge in [0.1, 0.15) is 18.4 Å². The van der Waals surface area contributed by atoms with E-state index in [0.29, 0.717) is 22.0 Å². The molecule has 3 aromatic rings. The van der Waals surface area contributed by atoms with Gasteiger partial charge in [0.2, 0.25) is 5.01 Å². The molecule has 1 heterocycles. The minimum absolute atomic E-state index is 0.134. The summed E-state index contributed by atoms with van der Waals surface area (Å²) in [6.07, 6.45) is 0. The first kappa shape index (κ1) is 24.8. The van der Waals surface area contributed by atoms with E-state index in [9.17, 15) is 14.4 Å². The van der Waals surface area contributed by atoms with Crippen molar-refractivity contribution in [3.05, 3.63) is 69.7 Å². The Balaban J connectivity index is 1.56. The van der Waals surface area contributed by atoms with Crippen LogP contribution in [0.2, 0.25) is 0 Å². The Kier molecular flexibility index (Phi) is 8.31. The number of hydrogen-bond donors (Lipinski definition) is 2. The standard InChI is InChI=1S/C24H26N4O5S/c1-14(2)20(26-21(29)16-7-5-6-15(3)12-16)24(31)33-13-19-27-28-23(34-19)22(30)25-17-8-10-18(32-4)11-9-17/h5-12,14,20H,13H2,1-4H3,(H,25,30)(H,26,29)/t20-/m0/s1. The number of rotatable bonds is 9. The Morgan fingerprint density at radius 1 is 1.03 bits per heavy atom. The van der Waals surface area contributed by atoms with Crippen molar-refractivity contribution in [3.8, 4) is 5.75 Å². The predicted molar refractivity (Wildman–Crippen MR) is 128 cm³/mol. The summed E-state index contributed by atoms with van der Waals surface area (Å²) in [7, 11) is 1.56. The lowest BCUT2D eigenvalue weighted by Crippen LogP contribution is -2.45. The van der Waals surface area contributed by atoms with E-state index in [0.717, 1.165) is 16.9 Å². The minimum Gasteiger partial charge on any atom is -0.497 e. The predicted octanol–water partition coefficient (Wildman–Crippen LogP) is 3.61. The van der Waals surface area contributed by atoms with Crippen molar-refractivity contribution in [2.45, 2.75) is 33.4 Å². The first-order valence-corrected chi connectivity index (χ1v) is 11.4. The largest absolute Gasteiger partial charge is 0.497 e. The highest BCUT2D eigenvalue weighted by Crippen LogP contribution is 2.18. The first-order chi connectivity index (χ1) is 16.3. The van der Waals surface area contributed by atoms with Gasteiger partial charge in [-0.3, -0.25) is 9.59 Å². The van der Waals surface area contributed by atoms with Crippen LogP contribution in [0.5, 0.6) is 5.75 Å². The van der Waals surface area contributed by atoms with Crippen molar-refractivity contribution in [1.29, 1.82) is 0 Å². The summed E-state index contributed by atoms with van der Waals surface area (Å²) in [6.45, 7) is 5.36. The minimum atomic E-state index is -0.834. The van der Waals surface area contributed by atoms with Gasteiger partial charge < -0.3 is 20.1 Å². The molecule has 0 unspecified atom stereocenters. The first-order valence-electron chi connectivity index (χ1n) is 10.6. The molecule has 0 aliphatic rings. The molecular formula is C24H26N4O5S. The Morgan fingerprint density at radius 2 is 1.76 bits per heavy atom. The van der Waals surface area contributed by atoms with Crippen LogP contribution in [0.1, 0.15) is 44.6 Å². The van der Waals surface area contributed by atoms with Crippen molar-refractivity contribution in [2.24, 2.45) is 5.92 Å². The zero-order chi connectivity index (χ0) is 24.7. The lowest BCUT2D eigenvalue weighted by molar-refractivity contribution is -0.148. The molecule has 0 saturated carbocycles. The average molecular weight is 483 g/mol. The summed E-state index contributed by atoms with van der Waals surface area (Å²) in [5.41, 5.74) is 1.99. The Labute approximate surface area is 201 Å². The summed E-state index contributed by atoms with van der Waals surface area (Å²) >= 11 is 1.02.